The smallest absolute Gasteiger partial charge is 0.376 e. The third-order valence-corrected chi connectivity index (χ3v) is 4.83. The van der Waals surface area contributed by atoms with Crippen LogP contribution in [0.4, 0.5) is 24.9 Å². The van der Waals surface area contributed by atoms with E-state index in [0.717, 1.165) is 23.5 Å². The molecule has 4 rings (SSSR count). The highest BCUT2D eigenvalue weighted by molar-refractivity contribution is 5.57. The molecule has 2 aromatic rings. The van der Waals surface area contributed by atoms with E-state index >= 15 is 0 Å². The van der Waals surface area contributed by atoms with E-state index in [2.05, 4.69) is 21.0 Å². The molecule has 1 fully saturated rings. The van der Waals surface area contributed by atoms with E-state index in [4.69, 9.17) is 4.74 Å². The number of ether oxygens (including phenoxy) is 1. The average molecular weight is 390 g/mol. The van der Waals surface area contributed by atoms with Gasteiger partial charge in [-0.05, 0) is 12.1 Å². The number of hydrogen-bond donors (Lipinski definition) is 0. The van der Waals surface area contributed by atoms with Crippen LogP contribution in [0.15, 0.2) is 18.3 Å². The Labute approximate surface area is 159 Å². The lowest BCUT2D eigenvalue weighted by molar-refractivity contribution is -0.141. The summed E-state index contributed by atoms with van der Waals surface area (Å²) in [5, 5.41) is 9.49. The summed E-state index contributed by atoms with van der Waals surface area (Å²) >= 11 is 0. The number of hydrogen-bond acceptors (Lipinski definition) is 7. The second-order valence-electron chi connectivity index (χ2n) is 6.59. The number of rotatable bonds is 2. The maximum Gasteiger partial charge on any atom is 0.433 e. The van der Waals surface area contributed by atoms with Gasteiger partial charge < -0.3 is 14.5 Å². The predicted octanol–water partition coefficient (Wildman–Crippen LogP) is 2.16. The first-order chi connectivity index (χ1) is 13.5. The molecule has 0 radical (unpaired) electrons. The van der Waals surface area contributed by atoms with E-state index in [9.17, 15) is 18.4 Å². The molecular formula is C18H17F3N6O. The van der Waals surface area contributed by atoms with Gasteiger partial charge in [-0.15, -0.1) is 0 Å². The Bertz CT molecular complexity index is 919. The molecule has 0 aliphatic carbocycles. The first-order valence-corrected chi connectivity index (χ1v) is 8.86. The number of aromatic nitrogens is 3. The minimum absolute atomic E-state index is 0.0607. The molecule has 28 heavy (non-hydrogen) atoms. The number of nitrogens with zero attached hydrogens (tertiary/aromatic N) is 6. The minimum Gasteiger partial charge on any atom is -0.376 e. The van der Waals surface area contributed by atoms with Crippen LogP contribution in [0, 0.1) is 11.3 Å². The van der Waals surface area contributed by atoms with Crippen LogP contribution >= 0.6 is 0 Å². The highest BCUT2D eigenvalue weighted by Crippen LogP contribution is 2.29. The molecule has 0 aromatic carbocycles. The molecule has 146 valence electrons. The molecule has 0 spiro atoms. The van der Waals surface area contributed by atoms with Gasteiger partial charge in [-0.1, -0.05) is 0 Å². The van der Waals surface area contributed by atoms with Gasteiger partial charge in [-0.3, -0.25) is 0 Å². The van der Waals surface area contributed by atoms with E-state index < -0.39 is 11.9 Å². The van der Waals surface area contributed by atoms with Gasteiger partial charge in [0.15, 0.2) is 0 Å². The van der Waals surface area contributed by atoms with Crippen molar-refractivity contribution in [3.63, 3.8) is 0 Å². The molecule has 0 bridgehead atoms. The Hall–Kier alpha value is -2.93. The highest BCUT2D eigenvalue weighted by atomic mass is 19.4. The zero-order valence-electron chi connectivity index (χ0n) is 14.9. The Kier molecular flexibility index (Phi) is 4.77. The Morgan fingerprint density at radius 3 is 2.57 bits per heavy atom. The van der Waals surface area contributed by atoms with Crippen LogP contribution in [0.25, 0.3) is 0 Å². The summed E-state index contributed by atoms with van der Waals surface area (Å²) in [5.74, 6) is 0.679. The number of pyridine rings is 1. The van der Waals surface area contributed by atoms with Crippen molar-refractivity contribution in [1.29, 1.82) is 5.26 Å². The van der Waals surface area contributed by atoms with Crippen LogP contribution in [0.2, 0.25) is 0 Å². The second-order valence-corrected chi connectivity index (χ2v) is 6.59. The number of alkyl halides is 3. The molecular weight excluding hydrogens is 373 g/mol. The SMILES string of the molecule is N#Cc1cc2c(nc1N1CCN(c3nccc(C(F)(F)F)n3)CC1)CCOC2. The van der Waals surface area contributed by atoms with E-state index in [1.54, 1.807) is 4.90 Å². The predicted molar refractivity (Wildman–Crippen MR) is 93.8 cm³/mol. The van der Waals surface area contributed by atoms with Gasteiger partial charge in [0.1, 0.15) is 17.6 Å². The molecule has 0 N–H and O–H groups in total. The third-order valence-electron chi connectivity index (χ3n) is 4.83. The van der Waals surface area contributed by atoms with Gasteiger partial charge >= 0.3 is 6.18 Å². The van der Waals surface area contributed by atoms with Gasteiger partial charge in [0.05, 0.1) is 24.5 Å². The van der Waals surface area contributed by atoms with Crippen molar-refractivity contribution < 1.29 is 17.9 Å². The summed E-state index contributed by atoms with van der Waals surface area (Å²) in [6.45, 7) is 2.96. The lowest BCUT2D eigenvalue weighted by Crippen LogP contribution is -2.47. The second kappa shape index (κ2) is 7.24. The van der Waals surface area contributed by atoms with Crippen molar-refractivity contribution in [2.24, 2.45) is 0 Å². The average Bonchev–Trinajstić information content (AvgIpc) is 2.72. The Balaban J connectivity index is 1.51. The van der Waals surface area contributed by atoms with Crippen LogP contribution < -0.4 is 9.80 Å². The Morgan fingerprint density at radius 2 is 1.86 bits per heavy atom. The van der Waals surface area contributed by atoms with Gasteiger partial charge in [0, 0.05) is 44.4 Å². The van der Waals surface area contributed by atoms with Gasteiger partial charge in [-0.25, -0.2) is 15.0 Å². The van der Waals surface area contributed by atoms with E-state index in [-0.39, 0.29) is 5.95 Å². The number of fused-ring (bicyclic) bond motifs is 1. The fourth-order valence-corrected chi connectivity index (χ4v) is 3.37. The first kappa shape index (κ1) is 18.4. The van der Waals surface area contributed by atoms with Crippen LogP contribution in [-0.2, 0) is 23.9 Å². The molecule has 2 aliphatic rings. The van der Waals surface area contributed by atoms with Crippen LogP contribution in [0.1, 0.15) is 22.5 Å². The molecule has 2 aromatic heterocycles. The van der Waals surface area contributed by atoms with Crippen LogP contribution in [0.5, 0.6) is 0 Å². The first-order valence-electron chi connectivity index (χ1n) is 8.86. The lowest BCUT2D eigenvalue weighted by atomic mass is 10.1. The third kappa shape index (κ3) is 3.57. The summed E-state index contributed by atoms with van der Waals surface area (Å²) in [5.41, 5.74) is 1.39. The molecule has 0 unspecified atom stereocenters. The summed E-state index contributed by atoms with van der Waals surface area (Å²) in [4.78, 5) is 16.0. The number of halogens is 3. The molecule has 10 heteroatoms. The molecule has 2 aliphatic heterocycles. The summed E-state index contributed by atoms with van der Waals surface area (Å²) < 4.78 is 44.0. The number of nitriles is 1. The Morgan fingerprint density at radius 1 is 1.11 bits per heavy atom. The fourth-order valence-electron chi connectivity index (χ4n) is 3.37. The van der Waals surface area contributed by atoms with Crippen molar-refractivity contribution in [1.82, 2.24) is 15.0 Å². The molecule has 4 heterocycles. The zero-order chi connectivity index (χ0) is 19.7. The van der Waals surface area contributed by atoms with E-state index in [1.807, 2.05) is 11.0 Å². The highest BCUT2D eigenvalue weighted by Gasteiger charge is 2.33. The quantitative estimate of drug-likeness (QED) is 0.778. The van der Waals surface area contributed by atoms with Crippen LogP contribution in [0.3, 0.4) is 0 Å². The van der Waals surface area contributed by atoms with E-state index in [1.165, 1.54) is 0 Å². The van der Waals surface area contributed by atoms with Gasteiger partial charge in [-0.2, -0.15) is 18.4 Å². The molecule has 0 atom stereocenters. The van der Waals surface area contributed by atoms with Crippen molar-refractivity contribution in [2.45, 2.75) is 19.2 Å². The molecule has 0 saturated carbocycles. The summed E-state index contributed by atoms with van der Waals surface area (Å²) in [6, 6.07) is 4.87. The van der Waals surface area contributed by atoms with E-state index in [0.29, 0.717) is 57.2 Å². The zero-order valence-corrected chi connectivity index (χ0v) is 14.9. The van der Waals surface area contributed by atoms with Crippen molar-refractivity contribution in [3.05, 3.63) is 40.8 Å². The molecule has 1 saturated heterocycles. The molecule has 7 nitrogen and oxygen atoms in total. The standard InChI is InChI=1S/C18H17F3N6O/c19-18(20,21)15-1-3-23-17(25-15)27-6-4-26(5-7-27)16-12(10-22)9-13-11-28-8-2-14(13)24-16/h1,3,9H,2,4-8,11H2. The molecule has 0 amide bonds. The maximum absolute atomic E-state index is 12.9. The van der Waals surface area contributed by atoms with Gasteiger partial charge in [0.2, 0.25) is 5.95 Å². The van der Waals surface area contributed by atoms with Gasteiger partial charge in [0.25, 0.3) is 0 Å². The minimum atomic E-state index is -4.50. The fraction of sp³-hybridized carbons (Fsp3) is 0.444. The number of piperazine rings is 1. The monoisotopic (exact) mass is 390 g/mol. The lowest BCUT2D eigenvalue weighted by Gasteiger charge is -2.36. The normalized spacial score (nSPS) is 17.2. The van der Waals surface area contributed by atoms with Crippen molar-refractivity contribution >= 4 is 11.8 Å². The van der Waals surface area contributed by atoms with Crippen molar-refractivity contribution in [3.8, 4) is 6.07 Å². The summed E-state index contributed by atoms with van der Waals surface area (Å²) in [6.07, 6.45) is -2.68. The van der Waals surface area contributed by atoms with Crippen molar-refractivity contribution in [2.75, 3.05) is 42.6 Å². The maximum atomic E-state index is 12.9. The topological polar surface area (TPSA) is 78.2 Å². The largest absolute Gasteiger partial charge is 0.433 e. The number of anilines is 2. The summed E-state index contributed by atoms with van der Waals surface area (Å²) in [7, 11) is 0. The van der Waals surface area contributed by atoms with Crippen LogP contribution in [-0.4, -0.2) is 47.7 Å².